The number of hydrogen-bond donors (Lipinski definition) is 2. The third-order valence-corrected chi connectivity index (χ3v) is 12.1. The van der Waals surface area contributed by atoms with Gasteiger partial charge in [-0.15, -0.1) is 31.7 Å². The summed E-state index contributed by atoms with van der Waals surface area (Å²) in [4.78, 5) is 12.5. The van der Waals surface area contributed by atoms with Crippen LogP contribution < -0.4 is 10.6 Å². The Balaban J connectivity index is -0.000000273. The normalized spacial score (nSPS) is 12.3. The number of aryl methyl sites for hydroxylation is 5. The molecule has 0 aliphatic carbocycles. The summed E-state index contributed by atoms with van der Waals surface area (Å²) in [5, 5.41) is 30.1. The van der Waals surface area contributed by atoms with Crippen LogP contribution in [0.5, 0.6) is 0 Å². The van der Waals surface area contributed by atoms with Crippen LogP contribution >= 0.6 is 34.4 Å². The summed E-state index contributed by atoms with van der Waals surface area (Å²) in [5.74, 6) is 9.36. The van der Waals surface area contributed by atoms with E-state index in [1.54, 1.807) is 25.2 Å². The van der Waals surface area contributed by atoms with Crippen molar-refractivity contribution >= 4 is 34.4 Å². The molecule has 0 radical (unpaired) electrons. The van der Waals surface area contributed by atoms with Crippen molar-refractivity contribution in [2.24, 2.45) is 17.8 Å². The minimum atomic E-state index is 0.339. The zero-order valence-corrected chi connectivity index (χ0v) is 61.8. The molecular formula is C66H128N12O3S3. The molecule has 84 heavy (non-hydrogen) atoms. The second kappa shape index (κ2) is 59.4. The fourth-order valence-electron chi connectivity index (χ4n) is 5.47. The molecule has 2 fully saturated rings. The first kappa shape index (κ1) is 88.8. The Morgan fingerprint density at radius 1 is 0.452 bits per heavy atom. The van der Waals surface area contributed by atoms with Crippen molar-refractivity contribution in [2.75, 3.05) is 32.8 Å². The van der Waals surface area contributed by atoms with E-state index < -0.39 is 0 Å². The lowest BCUT2D eigenvalue weighted by molar-refractivity contribution is 0.198. The highest BCUT2D eigenvalue weighted by Crippen LogP contribution is 2.18. The molecule has 2 N–H and O–H groups in total. The Labute approximate surface area is 528 Å². The van der Waals surface area contributed by atoms with Gasteiger partial charge >= 0.3 is 0 Å². The van der Waals surface area contributed by atoms with Crippen molar-refractivity contribution < 1.29 is 13.7 Å². The number of nitrogens with one attached hydrogen (secondary N) is 2. The van der Waals surface area contributed by atoms with Crippen LogP contribution in [0.15, 0.2) is 33.2 Å². The van der Waals surface area contributed by atoms with E-state index in [0.29, 0.717) is 47.3 Å². The molecule has 2 saturated heterocycles. The summed E-state index contributed by atoms with van der Waals surface area (Å²) in [6, 6.07) is 8.63. The van der Waals surface area contributed by atoms with Crippen LogP contribution in [-0.4, -0.2) is 82.1 Å². The van der Waals surface area contributed by atoms with Gasteiger partial charge in [0.2, 0.25) is 17.7 Å². The fourth-order valence-corrected chi connectivity index (χ4v) is 7.43. The van der Waals surface area contributed by atoms with E-state index in [9.17, 15) is 0 Å². The molecule has 9 rings (SSSR count). The van der Waals surface area contributed by atoms with E-state index >= 15 is 0 Å². The Bertz CT molecular complexity index is 1930. The maximum atomic E-state index is 5.12. The van der Waals surface area contributed by atoms with Crippen LogP contribution in [0, 0.1) is 52.4 Å². The smallest absolute Gasteiger partial charge is 0.223 e. The predicted molar refractivity (Wildman–Crippen MR) is 367 cm³/mol. The van der Waals surface area contributed by atoms with Crippen LogP contribution in [0.1, 0.15) is 301 Å². The molecule has 1 aromatic carbocycles. The van der Waals surface area contributed by atoms with Gasteiger partial charge in [-0.2, -0.15) is 13.7 Å². The quantitative estimate of drug-likeness (QED) is 0.166. The van der Waals surface area contributed by atoms with Gasteiger partial charge in [-0.25, -0.2) is 9.97 Å². The van der Waals surface area contributed by atoms with Gasteiger partial charge in [-0.05, 0) is 124 Å². The lowest BCUT2D eigenvalue weighted by Crippen LogP contribution is -2.23. The zero-order valence-electron chi connectivity index (χ0n) is 59.3. The Morgan fingerprint density at radius 2 is 0.964 bits per heavy atom. The molecule has 15 nitrogen and oxygen atoms in total. The van der Waals surface area contributed by atoms with Crippen LogP contribution in [0.25, 0.3) is 0 Å². The maximum Gasteiger partial charge on any atom is 0.223 e. The van der Waals surface area contributed by atoms with Gasteiger partial charge in [0.1, 0.15) is 31.7 Å². The summed E-state index contributed by atoms with van der Waals surface area (Å²) >= 11 is 4.64. The molecule has 0 saturated carbocycles. The van der Waals surface area contributed by atoms with Crippen LogP contribution in [0.2, 0.25) is 0 Å². The number of hydrogen-bond acceptors (Lipinski definition) is 18. The number of fused-ring (bicyclic) bond motifs is 1. The molecule has 5 aromatic heterocycles. The Morgan fingerprint density at radius 3 is 1.20 bits per heavy atom. The van der Waals surface area contributed by atoms with Crippen molar-refractivity contribution in [1.29, 1.82) is 0 Å². The lowest BCUT2D eigenvalue weighted by Gasteiger charge is -2.15. The summed E-state index contributed by atoms with van der Waals surface area (Å²) in [6.07, 6.45) is 7.96. The molecule has 3 aliphatic rings. The monoisotopic (exact) mass is 1230 g/mol. The molecule has 488 valence electrons. The fraction of sp³-hybridized carbons (Fsp3) is 0.758. The van der Waals surface area contributed by atoms with E-state index in [0.717, 1.165) is 81.6 Å². The molecule has 0 unspecified atom stereocenters. The van der Waals surface area contributed by atoms with E-state index in [1.165, 1.54) is 85.8 Å². The van der Waals surface area contributed by atoms with Crippen molar-refractivity contribution in [3.8, 4) is 0 Å². The molecule has 18 heteroatoms. The molecule has 8 heterocycles. The van der Waals surface area contributed by atoms with E-state index in [4.69, 9.17) is 13.7 Å². The first-order chi connectivity index (χ1) is 39.7. The second-order valence-corrected chi connectivity index (χ2v) is 25.6. The van der Waals surface area contributed by atoms with Crippen molar-refractivity contribution in [3.63, 3.8) is 0 Å². The minimum Gasteiger partial charge on any atom is -0.425 e. The summed E-state index contributed by atoms with van der Waals surface area (Å²) < 4.78 is 23.0. The van der Waals surface area contributed by atoms with Crippen molar-refractivity contribution in [2.45, 2.75) is 282 Å². The molecule has 3 aliphatic heterocycles. The highest BCUT2D eigenvalue weighted by molar-refractivity contribution is 7.11. The maximum absolute atomic E-state index is 5.12. The number of nitrogens with zero attached hydrogens (tertiary/aromatic N) is 10. The largest absolute Gasteiger partial charge is 0.425 e. The summed E-state index contributed by atoms with van der Waals surface area (Å²) in [7, 11) is 0. The van der Waals surface area contributed by atoms with Gasteiger partial charge < -0.3 is 24.3 Å². The Hall–Kier alpha value is -3.94. The van der Waals surface area contributed by atoms with E-state index in [-0.39, 0.29) is 0 Å². The van der Waals surface area contributed by atoms with Crippen LogP contribution in [0.3, 0.4) is 0 Å². The third kappa shape index (κ3) is 57.2. The van der Waals surface area contributed by atoms with Gasteiger partial charge in [0.25, 0.3) is 0 Å². The van der Waals surface area contributed by atoms with Gasteiger partial charge in [0, 0.05) is 63.2 Å². The number of piperidine rings is 1. The summed E-state index contributed by atoms with van der Waals surface area (Å²) in [5.41, 5.74) is 2.98. The highest BCUT2D eigenvalue weighted by Gasteiger charge is 2.08. The predicted octanol–water partition coefficient (Wildman–Crippen LogP) is 19.9. The topological polar surface area (TPSA) is 188 Å². The first-order valence-electron chi connectivity index (χ1n) is 31.7. The number of benzene rings is 1. The Kier molecular flexibility index (Phi) is 62.8. The van der Waals surface area contributed by atoms with Crippen molar-refractivity contribution in [3.05, 3.63) is 90.6 Å². The standard InChI is InChI=1S/C9H11N.2C6H10N2O.3C6H10N2S.C5H11N.C4H8O.3C4H10.3C2H6/c1-2-4-9-7-10-6-5-8(9)3-1;1-4(2)6-8-7-5(3)9-6;1-4(2)6-7-5(3)9-8-6;1-4(2)6-8-7-5(3)9-6;1-4(2)6-7-5(3)9-8-6;1-4(2)6-7-5(3)8-9-6;1-2-4-6-5-3-1;1-2-4-5-3-1;3*1-4(2)3;3*1-2/h1-4,10H,5-7H2;5*4H,1-3H3;6H,1-5H2;1-4H2;3*4H,1-3H3;3*1-2H3. The number of rotatable bonds is 5. The lowest BCUT2D eigenvalue weighted by atomic mass is 10.0. The second-order valence-electron chi connectivity index (χ2n) is 22.6. The average molecular weight is 1230 g/mol. The molecule has 0 amide bonds. The van der Waals surface area contributed by atoms with Gasteiger partial charge in [-0.3, -0.25) is 0 Å². The van der Waals surface area contributed by atoms with Crippen LogP contribution in [-0.2, 0) is 17.7 Å². The van der Waals surface area contributed by atoms with E-state index in [1.807, 2.05) is 90.0 Å². The molecular weight excluding hydrogens is 1110 g/mol. The van der Waals surface area contributed by atoms with Crippen molar-refractivity contribution in [1.82, 2.24) is 59.9 Å². The molecule has 6 aromatic rings. The summed E-state index contributed by atoms with van der Waals surface area (Å²) in [6.45, 7) is 68.4. The first-order valence-corrected chi connectivity index (χ1v) is 34.1. The van der Waals surface area contributed by atoms with Crippen LogP contribution in [0.4, 0.5) is 0 Å². The molecule has 0 atom stereocenters. The van der Waals surface area contributed by atoms with Gasteiger partial charge in [-0.1, -0.05) is 209 Å². The number of aromatic nitrogens is 10. The number of ether oxygens (including phenoxy) is 1. The average Bonchev–Trinajstić information content (AvgIpc) is 4.35. The third-order valence-electron chi connectivity index (χ3n) is 9.27. The van der Waals surface area contributed by atoms with Gasteiger partial charge in [0.15, 0.2) is 5.82 Å². The minimum absolute atomic E-state index is 0.339. The molecule has 0 spiro atoms. The van der Waals surface area contributed by atoms with Gasteiger partial charge in [0.05, 0.1) is 0 Å². The highest BCUT2D eigenvalue weighted by atomic mass is 32.1. The zero-order chi connectivity index (χ0) is 65.6. The molecule has 0 bridgehead atoms. The SMILES string of the molecule is C1CCNCC1.C1CCOC1.CC.CC.CC.CC(C)C.CC(C)C.CC(C)C.Cc1nc(C(C)C)no1.Cc1nc(C(C)C)ns1.Cc1nnc(C(C)C)o1.Cc1nnc(C(C)C)s1.Cc1nsc(C(C)C)n1.c1ccc2c(c1)CCNC2. The van der Waals surface area contributed by atoms with E-state index in [2.05, 4.69) is 188 Å².